The first-order chi connectivity index (χ1) is 22.7. The van der Waals surface area contributed by atoms with Crippen molar-refractivity contribution in [3.8, 4) is 17.2 Å². The first-order valence-electron chi connectivity index (χ1n) is 15.4. The van der Waals surface area contributed by atoms with Crippen molar-refractivity contribution in [3.05, 3.63) is 84.4 Å². The monoisotopic (exact) mass is 639 g/mol. The number of hydrogen-bond acceptors (Lipinski definition) is 7. The third kappa shape index (κ3) is 6.87. The van der Waals surface area contributed by atoms with Crippen molar-refractivity contribution < 1.29 is 33.7 Å². The second-order valence-electron chi connectivity index (χ2n) is 11.8. The van der Waals surface area contributed by atoms with Crippen molar-refractivity contribution in [1.29, 1.82) is 0 Å². The van der Waals surface area contributed by atoms with Gasteiger partial charge in [0.1, 0.15) is 11.9 Å². The lowest BCUT2D eigenvalue weighted by molar-refractivity contribution is 0.0371. The van der Waals surface area contributed by atoms with Gasteiger partial charge in [0, 0.05) is 42.3 Å². The molecule has 0 aromatic heterocycles. The Kier molecular flexibility index (Phi) is 9.03. The highest BCUT2D eigenvalue weighted by Crippen LogP contribution is 2.35. The second-order valence-corrected chi connectivity index (χ2v) is 11.8. The highest BCUT2D eigenvalue weighted by atomic mass is 16.7. The fourth-order valence-corrected chi connectivity index (χ4v) is 5.68. The Morgan fingerprint density at radius 3 is 2.43 bits per heavy atom. The number of carbonyl (C=O) groups excluding carboxylic acids is 3. The number of hydrogen-bond donors (Lipinski definition) is 4. The Labute approximate surface area is 272 Å². The van der Waals surface area contributed by atoms with Gasteiger partial charge in [0.25, 0.3) is 5.91 Å². The van der Waals surface area contributed by atoms with Crippen LogP contribution in [0.1, 0.15) is 24.2 Å². The third-order valence-corrected chi connectivity index (χ3v) is 8.38. The van der Waals surface area contributed by atoms with Crippen LogP contribution in [0.25, 0.3) is 10.8 Å². The van der Waals surface area contributed by atoms with Gasteiger partial charge in [-0.15, -0.1) is 0 Å². The molecule has 0 spiro atoms. The van der Waals surface area contributed by atoms with Gasteiger partial charge in [-0.05, 0) is 48.7 Å². The average Bonchev–Trinajstić information content (AvgIpc) is 3.54. The summed E-state index contributed by atoms with van der Waals surface area (Å²) in [6.07, 6.45) is -0.494. The molecule has 0 saturated carbocycles. The summed E-state index contributed by atoms with van der Waals surface area (Å²) in [4.78, 5) is 43.2. The first-order valence-corrected chi connectivity index (χ1v) is 15.4. The lowest BCUT2D eigenvalue weighted by atomic mass is 9.99. The van der Waals surface area contributed by atoms with Crippen molar-refractivity contribution in [2.45, 2.75) is 26.0 Å². The topological polar surface area (TPSA) is 142 Å². The number of ether oxygens (including phenoxy) is 3. The molecule has 12 nitrogen and oxygen atoms in total. The van der Waals surface area contributed by atoms with E-state index in [-0.39, 0.29) is 49.9 Å². The number of aliphatic hydroxyl groups excluding tert-OH is 1. The van der Waals surface area contributed by atoms with Gasteiger partial charge < -0.3 is 45.1 Å². The maximum absolute atomic E-state index is 13.8. The van der Waals surface area contributed by atoms with E-state index in [2.05, 4.69) is 16.0 Å². The molecule has 2 aliphatic rings. The summed E-state index contributed by atoms with van der Waals surface area (Å²) in [6.45, 7) is 4.12. The number of aliphatic hydroxyl groups is 1. The number of urea groups is 2. The van der Waals surface area contributed by atoms with E-state index in [0.29, 0.717) is 34.3 Å². The van der Waals surface area contributed by atoms with Crippen LogP contribution in [0, 0.1) is 5.92 Å². The molecule has 2 heterocycles. The SMILES string of the molecule is C[C@H]1CN([C@@H](C)CO)C(=O)c2cc(NC(=O)Nc3ccc4c(c3)OCO4)ccc2O[C@@H]1CN(C)C(=O)Nc1cccc2ccccc12. The largest absolute Gasteiger partial charge is 0.487 e. The molecule has 4 aromatic carbocycles. The minimum absolute atomic E-state index is 0.121. The number of nitrogens with one attached hydrogen (secondary N) is 3. The van der Waals surface area contributed by atoms with Crippen molar-refractivity contribution >= 4 is 45.8 Å². The predicted molar refractivity (Wildman–Crippen MR) is 178 cm³/mol. The number of anilines is 3. The molecule has 4 aromatic rings. The molecule has 0 bridgehead atoms. The van der Waals surface area contributed by atoms with E-state index in [1.165, 1.54) is 0 Å². The van der Waals surface area contributed by atoms with Gasteiger partial charge in [0.15, 0.2) is 11.5 Å². The van der Waals surface area contributed by atoms with Gasteiger partial charge in [-0.1, -0.05) is 43.3 Å². The molecule has 0 unspecified atom stereocenters. The number of amides is 5. The maximum atomic E-state index is 13.8. The van der Waals surface area contributed by atoms with Gasteiger partial charge in [0.2, 0.25) is 6.79 Å². The van der Waals surface area contributed by atoms with E-state index in [4.69, 9.17) is 14.2 Å². The fraction of sp³-hybridized carbons (Fsp3) is 0.286. The second kappa shape index (κ2) is 13.5. The quantitative estimate of drug-likeness (QED) is 0.206. The molecular formula is C35H37N5O7. The normalized spacial score (nSPS) is 17.5. The molecule has 0 radical (unpaired) electrons. The summed E-state index contributed by atoms with van der Waals surface area (Å²) in [6, 6.07) is 22.2. The number of fused-ring (bicyclic) bond motifs is 3. The summed E-state index contributed by atoms with van der Waals surface area (Å²) in [5, 5.41) is 20.5. The molecular weight excluding hydrogens is 602 g/mol. The zero-order chi connectivity index (χ0) is 33.1. The molecule has 47 heavy (non-hydrogen) atoms. The summed E-state index contributed by atoms with van der Waals surface area (Å²) in [5.74, 6) is 0.909. The summed E-state index contributed by atoms with van der Waals surface area (Å²) < 4.78 is 17.1. The first kappa shape index (κ1) is 31.5. The average molecular weight is 640 g/mol. The molecule has 0 fully saturated rings. The zero-order valence-corrected chi connectivity index (χ0v) is 26.4. The Morgan fingerprint density at radius 1 is 0.936 bits per heavy atom. The highest BCUT2D eigenvalue weighted by Gasteiger charge is 2.34. The Hall–Kier alpha value is -5.49. The number of carbonyl (C=O) groups is 3. The number of rotatable bonds is 7. The molecule has 3 atom stereocenters. The molecule has 6 rings (SSSR count). The van der Waals surface area contributed by atoms with Gasteiger partial charge >= 0.3 is 12.1 Å². The van der Waals surface area contributed by atoms with E-state index in [9.17, 15) is 19.5 Å². The van der Waals surface area contributed by atoms with Crippen LogP contribution in [0.2, 0.25) is 0 Å². The van der Waals surface area contributed by atoms with Crippen molar-refractivity contribution in [2.75, 3.05) is 49.5 Å². The summed E-state index contributed by atoms with van der Waals surface area (Å²) in [5.41, 5.74) is 1.80. The van der Waals surface area contributed by atoms with E-state index >= 15 is 0 Å². The smallest absolute Gasteiger partial charge is 0.323 e. The Balaban J connectivity index is 1.20. The van der Waals surface area contributed by atoms with Crippen LogP contribution in [-0.4, -0.2) is 78.6 Å². The maximum Gasteiger partial charge on any atom is 0.323 e. The van der Waals surface area contributed by atoms with E-state index < -0.39 is 18.2 Å². The molecule has 0 saturated heterocycles. The van der Waals surface area contributed by atoms with Crippen molar-refractivity contribution in [2.24, 2.45) is 5.92 Å². The van der Waals surface area contributed by atoms with Crippen LogP contribution in [0.5, 0.6) is 17.2 Å². The van der Waals surface area contributed by atoms with E-state index in [0.717, 1.165) is 10.8 Å². The van der Waals surface area contributed by atoms with Gasteiger partial charge in [0.05, 0.1) is 30.4 Å². The van der Waals surface area contributed by atoms with Crippen LogP contribution < -0.4 is 30.2 Å². The molecule has 12 heteroatoms. The number of likely N-dealkylation sites (N-methyl/N-ethyl adjacent to an activating group) is 1. The van der Waals surface area contributed by atoms with Crippen LogP contribution in [0.4, 0.5) is 26.7 Å². The minimum atomic E-state index is -0.520. The molecule has 0 aliphatic carbocycles. The van der Waals surface area contributed by atoms with Gasteiger partial charge in [-0.25, -0.2) is 9.59 Å². The molecule has 5 amide bonds. The van der Waals surface area contributed by atoms with Gasteiger partial charge in [-0.3, -0.25) is 4.79 Å². The van der Waals surface area contributed by atoms with Crippen molar-refractivity contribution in [1.82, 2.24) is 9.80 Å². The number of nitrogens with zero attached hydrogens (tertiary/aromatic N) is 2. The lowest BCUT2D eigenvalue weighted by Crippen LogP contribution is -2.50. The summed E-state index contributed by atoms with van der Waals surface area (Å²) >= 11 is 0. The zero-order valence-electron chi connectivity index (χ0n) is 26.4. The van der Waals surface area contributed by atoms with Crippen LogP contribution in [0.15, 0.2) is 78.9 Å². The van der Waals surface area contributed by atoms with Gasteiger partial charge in [-0.2, -0.15) is 0 Å². The minimum Gasteiger partial charge on any atom is -0.487 e. The van der Waals surface area contributed by atoms with E-state index in [1.54, 1.807) is 60.2 Å². The fourth-order valence-electron chi connectivity index (χ4n) is 5.68. The third-order valence-electron chi connectivity index (χ3n) is 8.38. The summed E-state index contributed by atoms with van der Waals surface area (Å²) in [7, 11) is 1.70. The Morgan fingerprint density at radius 2 is 1.64 bits per heavy atom. The van der Waals surface area contributed by atoms with E-state index in [1.807, 2.05) is 49.4 Å². The standard InChI is InChI=1S/C35H37N5O7/c1-21-17-40(22(2)19-41)33(42)27-15-24(36-34(43)37-25-12-14-30-31(16-25)46-20-45-30)11-13-29(27)47-32(21)18-39(3)35(44)38-28-10-6-8-23-7-4-5-9-26(23)28/h4-16,21-22,32,41H,17-20H2,1-3H3,(H,38,44)(H2,36,37,43)/t21-,22-,32+/m0/s1. The van der Waals surface area contributed by atoms with Crippen molar-refractivity contribution in [3.63, 3.8) is 0 Å². The molecule has 244 valence electrons. The number of benzene rings is 4. The van der Waals surface area contributed by atoms with Crippen LogP contribution >= 0.6 is 0 Å². The van der Waals surface area contributed by atoms with Crippen LogP contribution in [0.3, 0.4) is 0 Å². The molecule has 4 N–H and O–H groups in total. The molecule has 2 aliphatic heterocycles. The lowest BCUT2D eigenvalue weighted by Gasteiger charge is -2.38. The predicted octanol–water partition coefficient (Wildman–Crippen LogP) is 5.60. The highest BCUT2D eigenvalue weighted by molar-refractivity contribution is 6.03. The van der Waals surface area contributed by atoms with Crippen LogP contribution in [-0.2, 0) is 0 Å². The Bertz CT molecular complexity index is 1810.